The maximum absolute atomic E-state index is 12.6. The quantitative estimate of drug-likeness (QED) is 0.476. The Morgan fingerprint density at radius 2 is 2.22 bits per heavy atom. The molecule has 3 unspecified atom stereocenters. The predicted molar refractivity (Wildman–Crippen MR) is 124 cm³/mol. The molecule has 0 aliphatic heterocycles. The summed E-state index contributed by atoms with van der Waals surface area (Å²) in [5, 5.41) is 17.2. The zero-order valence-corrected chi connectivity index (χ0v) is 19.1. The largest absolute Gasteiger partial charge is 0.411 e. The van der Waals surface area contributed by atoms with Crippen molar-refractivity contribution < 1.29 is 10.0 Å². The summed E-state index contributed by atoms with van der Waals surface area (Å²) in [6.45, 7) is 2.28. The molecule has 5 atom stereocenters. The third kappa shape index (κ3) is 3.68. The van der Waals surface area contributed by atoms with Crippen molar-refractivity contribution in [2.75, 3.05) is 5.32 Å². The van der Waals surface area contributed by atoms with Crippen LogP contribution in [-0.2, 0) is 11.2 Å². The smallest absolute Gasteiger partial charge is 0.225 e. The first-order valence-corrected chi connectivity index (χ1v) is 11.9. The van der Waals surface area contributed by atoms with E-state index in [0.29, 0.717) is 35.9 Å². The number of carbonyl (C=O) groups is 1. The number of oxime groups is 1. The van der Waals surface area contributed by atoms with E-state index < -0.39 is 0 Å². The number of halogens is 1. The molecule has 3 aliphatic carbocycles. The first-order chi connectivity index (χ1) is 15.5. The molecular formula is C25H29ClN4O2. The molecule has 0 saturated heterocycles. The molecule has 0 bridgehead atoms. The van der Waals surface area contributed by atoms with E-state index in [9.17, 15) is 10.0 Å². The lowest BCUT2D eigenvalue weighted by atomic mass is 9.54. The van der Waals surface area contributed by atoms with E-state index in [0.717, 1.165) is 49.3 Å². The lowest BCUT2D eigenvalue weighted by molar-refractivity contribution is -0.116. The average Bonchev–Trinajstić information content (AvgIpc) is 3.09. The Balaban J connectivity index is 1.36. The average molecular weight is 453 g/mol. The minimum absolute atomic E-state index is 0.0439. The van der Waals surface area contributed by atoms with Crippen LogP contribution in [0.1, 0.15) is 62.5 Å². The van der Waals surface area contributed by atoms with Crippen molar-refractivity contribution in [1.29, 1.82) is 0 Å². The highest BCUT2D eigenvalue weighted by atomic mass is 35.5. The predicted octanol–water partition coefficient (Wildman–Crippen LogP) is 5.46. The number of hydrogen-bond acceptors (Lipinski definition) is 5. The molecule has 1 aromatic heterocycles. The van der Waals surface area contributed by atoms with Gasteiger partial charge in [-0.15, -0.1) is 0 Å². The lowest BCUT2D eigenvalue weighted by Gasteiger charge is -2.50. The zero-order valence-electron chi connectivity index (χ0n) is 18.3. The second kappa shape index (κ2) is 8.47. The second-order valence-corrected chi connectivity index (χ2v) is 10.3. The molecule has 1 aromatic carbocycles. The van der Waals surface area contributed by atoms with Crippen LogP contribution in [0.2, 0.25) is 5.02 Å². The normalized spacial score (nSPS) is 32.1. The highest BCUT2D eigenvalue weighted by Crippen LogP contribution is 2.62. The van der Waals surface area contributed by atoms with Crippen LogP contribution < -0.4 is 5.32 Å². The van der Waals surface area contributed by atoms with Crippen molar-refractivity contribution in [1.82, 2.24) is 9.97 Å². The molecule has 7 heteroatoms. The first kappa shape index (κ1) is 21.4. The van der Waals surface area contributed by atoms with Gasteiger partial charge in [-0.05, 0) is 85.5 Å². The van der Waals surface area contributed by atoms with Gasteiger partial charge in [0.15, 0.2) is 5.82 Å². The summed E-state index contributed by atoms with van der Waals surface area (Å²) in [5.41, 5.74) is 3.66. The van der Waals surface area contributed by atoms with Gasteiger partial charge in [0.2, 0.25) is 5.91 Å². The topological polar surface area (TPSA) is 87.5 Å². The van der Waals surface area contributed by atoms with Gasteiger partial charge in [0.1, 0.15) is 0 Å². The zero-order chi connectivity index (χ0) is 22.3. The van der Waals surface area contributed by atoms with Crippen LogP contribution >= 0.6 is 11.6 Å². The van der Waals surface area contributed by atoms with Gasteiger partial charge in [-0.2, -0.15) is 0 Å². The van der Waals surface area contributed by atoms with Gasteiger partial charge in [0, 0.05) is 29.3 Å². The number of nitrogens with one attached hydrogen (secondary N) is 1. The lowest BCUT2D eigenvalue weighted by Crippen LogP contribution is -2.44. The molecule has 2 N–H and O–H groups in total. The Morgan fingerprint density at radius 1 is 1.34 bits per heavy atom. The van der Waals surface area contributed by atoms with E-state index in [2.05, 4.69) is 39.5 Å². The van der Waals surface area contributed by atoms with E-state index in [4.69, 9.17) is 11.6 Å². The van der Waals surface area contributed by atoms with Gasteiger partial charge in [0.05, 0.1) is 11.9 Å². The summed E-state index contributed by atoms with van der Waals surface area (Å²) in [6.07, 6.45) is 11.0. The van der Waals surface area contributed by atoms with E-state index in [1.165, 1.54) is 11.1 Å². The molecular weight excluding hydrogens is 424 g/mol. The molecule has 6 nitrogen and oxygen atoms in total. The fraction of sp³-hybridized carbons (Fsp3) is 0.520. The van der Waals surface area contributed by atoms with Crippen molar-refractivity contribution in [3.05, 3.63) is 52.9 Å². The van der Waals surface area contributed by atoms with Crippen LogP contribution in [0.4, 0.5) is 5.82 Å². The number of fused-ring (bicyclic) bond motifs is 5. The van der Waals surface area contributed by atoms with E-state index in [-0.39, 0.29) is 11.3 Å². The molecule has 1 heterocycles. The van der Waals surface area contributed by atoms with Crippen LogP contribution in [0.5, 0.6) is 0 Å². The minimum Gasteiger partial charge on any atom is -0.411 e. The summed E-state index contributed by atoms with van der Waals surface area (Å²) in [6, 6.07) is 6.36. The number of rotatable bonds is 4. The number of hydrogen-bond donors (Lipinski definition) is 2. The Hall–Kier alpha value is -2.47. The molecule has 5 rings (SSSR count). The van der Waals surface area contributed by atoms with Gasteiger partial charge in [-0.3, -0.25) is 9.78 Å². The Kier molecular flexibility index (Phi) is 5.66. The summed E-state index contributed by atoms with van der Waals surface area (Å²) in [7, 11) is 0. The Labute approximate surface area is 193 Å². The standard InChI is InChI=1S/C25H29ClN4O2/c1-25-9-8-19-18-6-4-17(26)12-15(18)2-5-20(19)24(25)16(13-21(25)30-32)3-7-23(31)29-22-14-27-10-11-28-22/h4,6,10-12,14,16,19-20,24,32H,2-3,5,7-9,13H2,1H3,(H,28,29,31)/b30-21+/t16-,19?,20?,24?,25-/m1/s1. The van der Waals surface area contributed by atoms with Gasteiger partial charge in [-0.1, -0.05) is 29.7 Å². The first-order valence-electron chi connectivity index (χ1n) is 11.5. The van der Waals surface area contributed by atoms with Crippen molar-refractivity contribution in [3.8, 4) is 0 Å². The highest BCUT2D eigenvalue weighted by molar-refractivity contribution is 6.30. The maximum Gasteiger partial charge on any atom is 0.225 e. The van der Waals surface area contributed by atoms with E-state index in [1.807, 2.05) is 6.07 Å². The second-order valence-electron chi connectivity index (χ2n) is 9.82. The molecule has 32 heavy (non-hydrogen) atoms. The van der Waals surface area contributed by atoms with E-state index in [1.54, 1.807) is 18.6 Å². The van der Waals surface area contributed by atoms with Crippen LogP contribution in [0, 0.1) is 23.2 Å². The SMILES string of the molecule is C[C@]12CCC3c4ccc(Cl)cc4CCC3C1[C@H](CCC(=O)Nc1cnccn1)C/C2=N\O. The molecule has 0 radical (unpaired) electrons. The maximum atomic E-state index is 12.6. The molecule has 168 valence electrons. The van der Waals surface area contributed by atoms with Gasteiger partial charge >= 0.3 is 0 Å². The van der Waals surface area contributed by atoms with Crippen LogP contribution in [0.3, 0.4) is 0 Å². The number of aryl methyl sites for hydroxylation is 1. The number of carbonyl (C=O) groups excluding carboxylic acids is 1. The minimum atomic E-state index is -0.0914. The summed E-state index contributed by atoms with van der Waals surface area (Å²) >= 11 is 6.26. The van der Waals surface area contributed by atoms with Crippen molar-refractivity contribution in [2.24, 2.45) is 28.3 Å². The number of anilines is 1. The van der Waals surface area contributed by atoms with Crippen molar-refractivity contribution in [2.45, 2.75) is 57.8 Å². The van der Waals surface area contributed by atoms with Crippen molar-refractivity contribution >= 4 is 29.0 Å². The third-order valence-electron chi connectivity index (χ3n) is 8.26. The Bertz CT molecular complexity index is 1040. The molecule has 0 spiro atoms. The number of nitrogens with zero attached hydrogens (tertiary/aromatic N) is 3. The summed E-state index contributed by atoms with van der Waals surface area (Å²) < 4.78 is 0. The number of amides is 1. The highest BCUT2D eigenvalue weighted by Gasteiger charge is 2.57. The monoisotopic (exact) mass is 452 g/mol. The Morgan fingerprint density at radius 3 is 3.00 bits per heavy atom. The summed E-state index contributed by atoms with van der Waals surface area (Å²) in [4.78, 5) is 20.7. The van der Waals surface area contributed by atoms with Crippen LogP contribution in [0.15, 0.2) is 41.9 Å². The fourth-order valence-corrected chi connectivity index (χ4v) is 7.13. The third-order valence-corrected chi connectivity index (χ3v) is 8.49. The summed E-state index contributed by atoms with van der Waals surface area (Å²) in [5.74, 6) is 2.24. The van der Waals surface area contributed by atoms with Gasteiger partial charge < -0.3 is 10.5 Å². The van der Waals surface area contributed by atoms with Gasteiger partial charge in [0.25, 0.3) is 0 Å². The molecule has 3 aliphatic rings. The van der Waals surface area contributed by atoms with Crippen LogP contribution in [0.25, 0.3) is 0 Å². The fourth-order valence-electron chi connectivity index (χ4n) is 6.94. The molecule has 1 amide bonds. The van der Waals surface area contributed by atoms with Crippen molar-refractivity contribution in [3.63, 3.8) is 0 Å². The van der Waals surface area contributed by atoms with Gasteiger partial charge in [-0.25, -0.2) is 4.98 Å². The number of benzene rings is 1. The molecule has 2 fully saturated rings. The molecule has 2 saturated carbocycles. The van der Waals surface area contributed by atoms with E-state index >= 15 is 0 Å². The van der Waals surface area contributed by atoms with Crippen LogP contribution in [-0.4, -0.2) is 26.8 Å². The number of aromatic nitrogens is 2. The molecule has 2 aromatic rings.